The van der Waals surface area contributed by atoms with Crippen LogP contribution in [-0.2, 0) is 9.53 Å². The highest BCUT2D eigenvalue weighted by Gasteiger charge is 2.39. The van der Waals surface area contributed by atoms with Crippen molar-refractivity contribution in [3.05, 3.63) is 60.0 Å². The molecule has 0 spiro atoms. The summed E-state index contributed by atoms with van der Waals surface area (Å²) in [4.78, 5) is 25.4. The highest BCUT2D eigenvalue weighted by molar-refractivity contribution is 5.82. The van der Waals surface area contributed by atoms with E-state index in [0.29, 0.717) is 24.7 Å². The molecule has 0 radical (unpaired) electrons. The van der Waals surface area contributed by atoms with E-state index in [-0.39, 0.29) is 12.0 Å². The fraction of sp³-hybridized carbons (Fsp3) is 0.348. The number of aromatic nitrogens is 4. The molecule has 9 nitrogen and oxygen atoms in total. The van der Waals surface area contributed by atoms with E-state index in [9.17, 15) is 4.79 Å². The van der Waals surface area contributed by atoms with Gasteiger partial charge in [0, 0.05) is 41.8 Å². The summed E-state index contributed by atoms with van der Waals surface area (Å²) < 4.78 is 5.13. The smallest absolute Gasteiger partial charge is 0.330 e. The number of hydrogen-bond donors (Lipinski definition) is 1. The summed E-state index contributed by atoms with van der Waals surface area (Å²) in [7, 11) is 1.40. The van der Waals surface area contributed by atoms with Crippen LogP contribution in [0.1, 0.15) is 18.1 Å². The average Bonchev–Trinajstić information content (AvgIpc) is 2.83. The molecule has 166 valence electrons. The zero-order valence-electron chi connectivity index (χ0n) is 18.7. The zero-order chi connectivity index (χ0) is 22.7. The lowest BCUT2D eigenvalue weighted by Crippen LogP contribution is -2.61. The van der Waals surface area contributed by atoms with Crippen molar-refractivity contribution < 1.29 is 9.53 Å². The molecule has 1 unspecified atom stereocenters. The van der Waals surface area contributed by atoms with Gasteiger partial charge >= 0.3 is 5.97 Å². The van der Waals surface area contributed by atoms with E-state index in [1.54, 1.807) is 18.6 Å². The van der Waals surface area contributed by atoms with Gasteiger partial charge in [-0.2, -0.15) is 0 Å². The van der Waals surface area contributed by atoms with Crippen LogP contribution in [0.15, 0.2) is 48.9 Å². The van der Waals surface area contributed by atoms with E-state index in [0.717, 1.165) is 22.6 Å². The van der Waals surface area contributed by atoms with Crippen LogP contribution in [0.3, 0.4) is 0 Å². The normalized spacial score (nSPS) is 18.4. The molecule has 32 heavy (non-hydrogen) atoms. The minimum Gasteiger partial charge on any atom is -0.467 e. The van der Waals surface area contributed by atoms with Gasteiger partial charge in [-0.3, -0.25) is 4.98 Å². The molecule has 0 bridgehead atoms. The van der Waals surface area contributed by atoms with Crippen LogP contribution in [-0.4, -0.2) is 58.4 Å². The number of carbonyl (C=O) groups is 1. The van der Waals surface area contributed by atoms with Crippen molar-refractivity contribution in [1.29, 1.82) is 0 Å². The molecular formula is C23H27N7O2. The van der Waals surface area contributed by atoms with Gasteiger partial charge in [-0.25, -0.2) is 9.78 Å². The van der Waals surface area contributed by atoms with Crippen molar-refractivity contribution in [3.63, 3.8) is 0 Å². The molecule has 0 aliphatic carbocycles. The fourth-order valence-electron chi connectivity index (χ4n) is 3.95. The quantitative estimate of drug-likeness (QED) is 0.609. The van der Waals surface area contributed by atoms with Gasteiger partial charge in [-0.05, 0) is 32.9 Å². The zero-order valence-corrected chi connectivity index (χ0v) is 18.7. The number of hydrogen-bond acceptors (Lipinski definition) is 9. The minimum atomic E-state index is -0.543. The second-order valence-corrected chi connectivity index (χ2v) is 7.87. The number of ether oxygens (including phenoxy) is 1. The Labute approximate surface area is 187 Å². The second-order valence-electron chi connectivity index (χ2n) is 7.87. The Morgan fingerprint density at radius 2 is 1.84 bits per heavy atom. The molecule has 3 aromatic rings. The van der Waals surface area contributed by atoms with E-state index < -0.39 is 6.04 Å². The van der Waals surface area contributed by atoms with Crippen LogP contribution in [0.2, 0.25) is 0 Å². The first-order valence-corrected chi connectivity index (χ1v) is 10.5. The van der Waals surface area contributed by atoms with Crippen molar-refractivity contribution in [2.45, 2.75) is 32.9 Å². The van der Waals surface area contributed by atoms with E-state index in [2.05, 4.69) is 37.3 Å². The third kappa shape index (κ3) is 4.18. The third-order valence-corrected chi connectivity index (χ3v) is 5.86. The average molecular weight is 434 g/mol. The summed E-state index contributed by atoms with van der Waals surface area (Å²) in [5.41, 5.74) is 2.88. The summed E-state index contributed by atoms with van der Waals surface area (Å²) >= 11 is 0. The number of nitrogens with one attached hydrogen (secondary N) is 1. The third-order valence-electron chi connectivity index (χ3n) is 5.86. The predicted octanol–water partition coefficient (Wildman–Crippen LogP) is 2.88. The monoisotopic (exact) mass is 433 g/mol. The van der Waals surface area contributed by atoms with E-state index >= 15 is 0 Å². The molecule has 1 N–H and O–H groups in total. The molecule has 0 amide bonds. The number of benzene rings is 1. The summed E-state index contributed by atoms with van der Waals surface area (Å²) in [5, 5.41) is 12.3. The Morgan fingerprint density at radius 1 is 1.06 bits per heavy atom. The molecule has 1 aliphatic rings. The van der Waals surface area contributed by atoms with E-state index in [1.807, 2.05) is 49.1 Å². The van der Waals surface area contributed by atoms with Crippen LogP contribution in [0, 0.1) is 13.8 Å². The van der Waals surface area contributed by atoms with Gasteiger partial charge in [0.05, 0.1) is 19.9 Å². The number of piperazine rings is 1. The Balaban J connectivity index is 1.65. The number of methoxy groups -OCH3 is 1. The Morgan fingerprint density at radius 3 is 2.53 bits per heavy atom. The van der Waals surface area contributed by atoms with Gasteiger partial charge in [0.15, 0.2) is 11.6 Å². The van der Waals surface area contributed by atoms with Crippen molar-refractivity contribution in [3.8, 4) is 0 Å². The molecule has 4 rings (SSSR count). The number of nitrogens with zero attached hydrogens (tertiary/aromatic N) is 6. The molecule has 0 saturated carbocycles. The maximum absolute atomic E-state index is 12.8. The molecular weight excluding hydrogens is 406 g/mol. The van der Waals surface area contributed by atoms with Crippen molar-refractivity contribution in [1.82, 2.24) is 20.2 Å². The Hall–Kier alpha value is -3.75. The molecule has 9 heteroatoms. The molecule has 2 atom stereocenters. The number of para-hydroxylation sites is 1. The SMILES string of the molecule is COC(=O)[C@H]1CN(c2cnccn2)C(C)CN1c1nnc(Nc2ccccc2)c(C)c1C. The molecule has 1 saturated heterocycles. The van der Waals surface area contributed by atoms with Crippen LogP contribution in [0.25, 0.3) is 0 Å². The number of rotatable bonds is 5. The van der Waals surface area contributed by atoms with Gasteiger partial charge in [-0.15, -0.1) is 10.2 Å². The van der Waals surface area contributed by atoms with Gasteiger partial charge in [-0.1, -0.05) is 18.2 Å². The Bertz CT molecular complexity index is 1080. The first kappa shape index (κ1) is 21.5. The summed E-state index contributed by atoms with van der Waals surface area (Å²) in [6, 6.07) is 9.38. The maximum atomic E-state index is 12.8. The minimum absolute atomic E-state index is 0.0798. The lowest BCUT2D eigenvalue weighted by molar-refractivity contribution is -0.142. The number of carbonyl (C=O) groups excluding carboxylic acids is 1. The molecule has 1 aliphatic heterocycles. The largest absolute Gasteiger partial charge is 0.467 e. The van der Waals surface area contributed by atoms with Crippen LogP contribution >= 0.6 is 0 Å². The fourth-order valence-corrected chi connectivity index (χ4v) is 3.95. The Kier molecular flexibility index (Phi) is 6.16. The van der Waals surface area contributed by atoms with Crippen molar-refractivity contribution >= 4 is 29.1 Å². The topological polar surface area (TPSA) is 96.4 Å². The number of anilines is 4. The summed E-state index contributed by atoms with van der Waals surface area (Å²) in [5.74, 6) is 1.78. The molecule has 1 fully saturated rings. The first-order valence-electron chi connectivity index (χ1n) is 10.5. The van der Waals surface area contributed by atoms with E-state index in [4.69, 9.17) is 4.74 Å². The predicted molar refractivity (Wildman–Crippen MR) is 123 cm³/mol. The van der Waals surface area contributed by atoms with Crippen molar-refractivity contribution in [2.75, 3.05) is 35.3 Å². The summed E-state index contributed by atoms with van der Waals surface area (Å²) in [6.07, 6.45) is 4.99. The lowest BCUT2D eigenvalue weighted by atomic mass is 10.0. The first-order chi connectivity index (χ1) is 15.5. The molecule has 2 aromatic heterocycles. The van der Waals surface area contributed by atoms with Gasteiger partial charge in [0.1, 0.15) is 11.9 Å². The number of esters is 1. The van der Waals surface area contributed by atoms with Crippen LogP contribution in [0.4, 0.5) is 23.1 Å². The lowest BCUT2D eigenvalue weighted by Gasteiger charge is -2.45. The van der Waals surface area contributed by atoms with Gasteiger partial charge < -0.3 is 19.9 Å². The molecule has 3 heterocycles. The van der Waals surface area contributed by atoms with Crippen LogP contribution in [0.5, 0.6) is 0 Å². The standard InChI is InChI=1S/C23H27N7O2/c1-15-13-30(19(23(31)32-4)14-29(15)20-12-24-10-11-25-20)22-17(3)16(2)21(27-28-22)26-18-8-6-5-7-9-18/h5-12,15,19H,13-14H2,1-4H3,(H,26,27)/t15?,19-/m1/s1. The van der Waals surface area contributed by atoms with Crippen molar-refractivity contribution in [2.24, 2.45) is 0 Å². The van der Waals surface area contributed by atoms with Gasteiger partial charge in [0.2, 0.25) is 0 Å². The van der Waals surface area contributed by atoms with E-state index in [1.165, 1.54) is 7.11 Å². The van der Waals surface area contributed by atoms with Crippen LogP contribution < -0.4 is 15.1 Å². The molecule has 1 aromatic carbocycles. The summed E-state index contributed by atoms with van der Waals surface area (Å²) in [6.45, 7) is 7.08. The highest BCUT2D eigenvalue weighted by Crippen LogP contribution is 2.31. The maximum Gasteiger partial charge on any atom is 0.330 e. The van der Waals surface area contributed by atoms with Gasteiger partial charge in [0.25, 0.3) is 0 Å². The second kappa shape index (κ2) is 9.17. The highest BCUT2D eigenvalue weighted by atomic mass is 16.5.